The fraction of sp³-hybridized carbons (Fsp3) is 0.0667. The van der Waals surface area contributed by atoms with Gasteiger partial charge in [0.05, 0.1) is 10.5 Å². The van der Waals surface area contributed by atoms with Gasteiger partial charge in [0.15, 0.2) is 5.78 Å². The average Bonchev–Trinajstić information content (AvgIpc) is 2.46. The predicted octanol–water partition coefficient (Wildman–Crippen LogP) is 2.55. The van der Waals surface area contributed by atoms with Crippen LogP contribution in [0, 0.1) is 0 Å². The quantitative estimate of drug-likeness (QED) is 0.774. The number of halogens is 1. The Labute approximate surface area is 141 Å². The zero-order chi connectivity index (χ0) is 17.2. The second kappa shape index (κ2) is 6.61. The van der Waals surface area contributed by atoms with Gasteiger partial charge >= 0.3 is 0 Å². The summed E-state index contributed by atoms with van der Waals surface area (Å²) in [4.78, 5) is 23.5. The molecule has 8 heteroatoms. The Bertz CT molecular complexity index is 894. The van der Waals surface area contributed by atoms with Crippen LogP contribution in [0.3, 0.4) is 0 Å². The summed E-state index contributed by atoms with van der Waals surface area (Å²) in [5.41, 5.74) is 1.00. The second-order valence-electron chi connectivity index (χ2n) is 4.78. The fourth-order valence-electron chi connectivity index (χ4n) is 1.87. The monoisotopic (exact) mass is 396 g/mol. The third-order valence-corrected chi connectivity index (χ3v) is 4.64. The molecule has 6 nitrogen and oxygen atoms in total. The number of ketones is 1. The molecular weight excluding hydrogens is 384 g/mol. The van der Waals surface area contributed by atoms with Gasteiger partial charge in [-0.3, -0.25) is 9.59 Å². The Hall–Kier alpha value is -2.03. The first-order valence-electron chi connectivity index (χ1n) is 6.43. The number of rotatable bonds is 4. The largest absolute Gasteiger partial charge is 0.322 e. The van der Waals surface area contributed by atoms with E-state index in [9.17, 15) is 18.0 Å². The van der Waals surface area contributed by atoms with E-state index in [1.54, 1.807) is 18.2 Å². The number of carbonyl (C=O) groups is 2. The summed E-state index contributed by atoms with van der Waals surface area (Å²) in [6.07, 6.45) is 0. The van der Waals surface area contributed by atoms with Crippen LogP contribution < -0.4 is 10.5 Å². The molecule has 0 saturated heterocycles. The minimum Gasteiger partial charge on any atom is -0.322 e. The molecule has 0 aromatic heterocycles. The number of carbonyl (C=O) groups excluding carboxylic acids is 2. The Kier molecular flexibility index (Phi) is 4.98. The molecule has 2 aromatic rings. The predicted molar refractivity (Wildman–Crippen MR) is 89.9 cm³/mol. The highest BCUT2D eigenvalue weighted by Crippen LogP contribution is 2.22. The molecule has 0 aliphatic carbocycles. The number of hydrogen-bond acceptors (Lipinski definition) is 4. The van der Waals surface area contributed by atoms with E-state index >= 15 is 0 Å². The summed E-state index contributed by atoms with van der Waals surface area (Å²) >= 11 is 3.20. The molecule has 3 N–H and O–H groups in total. The molecule has 0 radical (unpaired) electrons. The zero-order valence-corrected chi connectivity index (χ0v) is 14.4. The summed E-state index contributed by atoms with van der Waals surface area (Å²) in [6.45, 7) is 1.42. The lowest BCUT2D eigenvalue weighted by Gasteiger charge is -2.09. The Balaban J connectivity index is 2.34. The molecule has 0 saturated carbocycles. The molecule has 0 aliphatic heterocycles. The van der Waals surface area contributed by atoms with Gasteiger partial charge in [-0.1, -0.05) is 12.1 Å². The topological polar surface area (TPSA) is 106 Å². The van der Waals surface area contributed by atoms with Gasteiger partial charge in [0.2, 0.25) is 10.0 Å². The number of primary sulfonamides is 1. The SMILES string of the molecule is CC(=O)c1cccc(NC(=O)c2cc(S(N)(=O)=O)ccc2Br)c1. The Morgan fingerprint density at radius 1 is 1.13 bits per heavy atom. The second-order valence-corrected chi connectivity index (χ2v) is 7.19. The van der Waals surface area contributed by atoms with Crippen LogP contribution in [0.5, 0.6) is 0 Å². The maximum absolute atomic E-state index is 12.3. The van der Waals surface area contributed by atoms with Crippen molar-refractivity contribution in [1.29, 1.82) is 0 Å². The van der Waals surface area contributed by atoms with Crippen LogP contribution >= 0.6 is 15.9 Å². The van der Waals surface area contributed by atoms with E-state index in [1.807, 2.05) is 0 Å². The van der Waals surface area contributed by atoms with Crippen LogP contribution in [0.15, 0.2) is 51.8 Å². The molecule has 1 amide bonds. The van der Waals surface area contributed by atoms with Gasteiger partial charge in [-0.25, -0.2) is 13.6 Å². The van der Waals surface area contributed by atoms with Crippen molar-refractivity contribution in [3.05, 3.63) is 58.1 Å². The number of amides is 1. The van der Waals surface area contributed by atoms with E-state index in [1.165, 1.54) is 31.2 Å². The van der Waals surface area contributed by atoms with Crippen molar-refractivity contribution in [2.24, 2.45) is 5.14 Å². The minimum absolute atomic E-state index is 0.116. The van der Waals surface area contributed by atoms with Crippen LogP contribution in [0.1, 0.15) is 27.6 Å². The lowest BCUT2D eigenvalue weighted by atomic mass is 10.1. The van der Waals surface area contributed by atoms with Crippen molar-refractivity contribution >= 4 is 43.3 Å². The molecule has 2 rings (SSSR count). The highest BCUT2D eigenvalue weighted by atomic mass is 79.9. The molecule has 0 atom stereocenters. The number of sulfonamides is 1. The van der Waals surface area contributed by atoms with E-state index in [-0.39, 0.29) is 16.2 Å². The van der Waals surface area contributed by atoms with Crippen molar-refractivity contribution in [2.75, 3.05) is 5.32 Å². The molecule has 23 heavy (non-hydrogen) atoms. The van der Waals surface area contributed by atoms with E-state index in [4.69, 9.17) is 5.14 Å². The van der Waals surface area contributed by atoms with Crippen molar-refractivity contribution in [1.82, 2.24) is 0 Å². The summed E-state index contributed by atoms with van der Waals surface area (Å²) in [5.74, 6) is -0.651. The molecule has 0 heterocycles. The Morgan fingerprint density at radius 2 is 1.83 bits per heavy atom. The van der Waals surface area contributed by atoms with Crippen molar-refractivity contribution in [2.45, 2.75) is 11.8 Å². The summed E-state index contributed by atoms with van der Waals surface area (Å²) in [5, 5.41) is 7.69. The average molecular weight is 397 g/mol. The van der Waals surface area contributed by atoms with E-state index < -0.39 is 15.9 Å². The first-order chi connectivity index (χ1) is 10.7. The number of nitrogens with one attached hydrogen (secondary N) is 1. The van der Waals surface area contributed by atoms with Crippen LogP contribution in [0.4, 0.5) is 5.69 Å². The smallest absolute Gasteiger partial charge is 0.256 e. The highest BCUT2D eigenvalue weighted by Gasteiger charge is 2.16. The summed E-state index contributed by atoms with van der Waals surface area (Å²) < 4.78 is 23.2. The fourth-order valence-corrected chi connectivity index (χ4v) is 2.84. The maximum Gasteiger partial charge on any atom is 0.256 e. The molecular formula is C15H13BrN2O4S. The molecule has 0 aliphatic rings. The lowest BCUT2D eigenvalue weighted by Crippen LogP contribution is -2.16. The van der Waals surface area contributed by atoms with Gasteiger partial charge in [-0.05, 0) is 53.2 Å². The van der Waals surface area contributed by atoms with Crippen molar-refractivity contribution in [3.8, 4) is 0 Å². The number of benzene rings is 2. The third-order valence-electron chi connectivity index (χ3n) is 3.04. The van der Waals surface area contributed by atoms with Crippen molar-refractivity contribution in [3.63, 3.8) is 0 Å². The van der Waals surface area contributed by atoms with E-state index in [0.717, 1.165) is 0 Å². The van der Waals surface area contributed by atoms with E-state index in [0.29, 0.717) is 15.7 Å². The minimum atomic E-state index is -3.91. The van der Waals surface area contributed by atoms with Gasteiger partial charge in [-0.2, -0.15) is 0 Å². The number of anilines is 1. The number of nitrogens with two attached hydrogens (primary N) is 1. The van der Waals surface area contributed by atoms with Crippen molar-refractivity contribution < 1.29 is 18.0 Å². The van der Waals surface area contributed by atoms with Gasteiger partial charge in [0.1, 0.15) is 0 Å². The van der Waals surface area contributed by atoms with Crippen LogP contribution in [-0.2, 0) is 10.0 Å². The normalized spacial score (nSPS) is 11.1. The molecule has 2 aromatic carbocycles. The highest BCUT2D eigenvalue weighted by molar-refractivity contribution is 9.10. The Morgan fingerprint density at radius 3 is 2.43 bits per heavy atom. The standard InChI is InChI=1S/C15H13BrN2O4S/c1-9(19)10-3-2-4-11(7-10)18-15(20)13-8-12(23(17,21)22)5-6-14(13)16/h2-8H,1H3,(H,18,20)(H2,17,21,22). The van der Waals surface area contributed by atoms with Gasteiger partial charge in [-0.15, -0.1) is 0 Å². The third kappa shape index (κ3) is 4.25. The zero-order valence-electron chi connectivity index (χ0n) is 12.0. The molecule has 0 unspecified atom stereocenters. The number of Topliss-reactive ketones (excluding diaryl/α,β-unsaturated/α-hetero) is 1. The summed E-state index contributed by atoms with van der Waals surface area (Å²) in [6, 6.07) is 10.4. The first-order valence-corrected chi connectivity index (χ1v) is 8.77. The lowest BCUT2D eigenvalue weighted by molar-refractivity contribution is 0.101. The first kappa shape index (κ1) is 17.3. The van der Waals surface area contributed by atoms with Crippen LogP contribution in [0.2, 0.25) is 0 Å². The van der Waals surface area contributed by atoms with Gasteiger partial charge in [0, 0.05) is 15.7 Å². The molecule has 0 spiro atoms. The molecule has 120 valence electrons. The van der Waals surface area contributed by atoms with Gasteiger partial charge in [0.25, 0.3) is 5.91 Å². The summed E-state index contributed by atoms with van der Waals surface area (Å²) in [7, 11) is -3.91. The van der Waals surface area contributed by atoms with Crippen LogP contribution in [0.25, 0.3) is 0 Å². The molecule has 0 fully saturated rings. The van der Waals surface area contributed by atoms with Crippen LogP contribution in [-0.4, -0.2) is 20.1 Å². The maximum atomic E-state index is 12.3. The number of hydrogen-bond donors (Lipinski definition) is 2. The van der Waals surface area contributed by atoms with E-state index in [2.05, 4.69) is 21.2 Å². The van der Waals surface area contributed by atoms with Gasteiger partial charge < -0.3 is 5.32 Å². The molecule has 0 bridgehead atoms.